The van der Waals surface area contributed by atoms with Crippen molar-refractivity contribution in [2.75, 3.05) is 24.5 Å². The van der Waals surface area contributed by atoms with Crippen LogP contribution < -0.4 is 15.8 Å². The zero-order valence-electron chi connectivity index (χ0n) is 15.9. The zero-order chi connectivity index (χ0) is 18.8. The van der Waals surface area contributed by atoms with Gasteiger partial charge in [-0.2, -0.15) is 4.52 Å². The van der Waals surface area contributed by atoms with E-state index >= 15 is 0 Å². The maximum atomic E-state index is 12.8. The van der Waals surface area contributed by atoms with Gasteiger partial charge in [-0.3, -0.25) is 9.59 Å². The fourth-order valence-corrected chi connectivity index (χ4v) is 4.93. The Kier molecular flexibility index (Phi) is 5.43. The quantitative estimate of drug-likeness (QED) is 0.793. The number of anilines is 1. The van der Waals surface area contributed by atoms with Crippen LogP contribution in [-0.2, 0) is 17.6 Å². The van der Waals surface area contributed by atoms with E-state index in [1.54, 1.807) is 0 Å². The molecular formula is C19H27N5O2S. The van der Waals surface area contributed by atoms with E-state index in [-0.39, 0.29) is 17.4 Å². The summed E-state index contributed by atoms with van der Waals surface area (Å²) < 4.78 is 1.47. The Hall–Kier alpha value is -1.96. The zero-order valence-corrected chi connectivity index (χ0v) is 16.7. The number of aryl methyl sites for hydroxylation is 1. The first kappa shape index (κ1) is 18.4. The van der Waals surface area contributed by atoms with Gasteiger partial charge in [0.1, 0.15) is 0 Å². The molecule has 1 aliphatic carbocycles. The molecule has 7 nitrogen and oxygen atoms in total. The van der Waals surface area contributed by atoms with Gasteiger partial charge in [-0.1, -0.05) is 24.7 Å². The van der Waals surface area contributed by atoms with E-state index in [1.807, 2.05) is 0 Å². The topological polar surface area (TPSA) is 79.6 Å². The molecule has 0 saturated carbocycles. The molecule has 1 amide bonds. The van der Waals surface area contributed by atoms with Crippen molar-refractivity contribution in [3.05, 3.63) is 21.6 Å². The summed E-state index contributed by atoms with van der Waals surface area (Å²) in [5.74, 6) is 0.125. The summed E-state index contributed by atoms with van der Waals surface area (Å²) >= 11 is 1.46. The van der Waals surface area contributed by atoms with Crippen molar-refractivity contribution >= 4 is 27.3 Å². The van der Waals surface area contributed by atoms with E-state index in [0.717, 1.165) is 80.8 Å². The number of nitrogens with zero attached hydrogens (tertiary/aromatic N) is 4. The van der Waals surface area contributed by atoms with Gasteiger partial charge in [0.05, 0.1) is 11.6 Å². The van der Waals surface area contributed by atoms with Gasteiger partial charge in [-0.05, 0) is 44.9 Å². The molecule has 1 saturated heterocycles. The SMILES string of the molecule is CCCCNC(=O)C1CCCN(c2nn3c(=O)c4c(nc3s2)CCCC4)C1. The number of carbonyl (C=O) groups is 1. The Morgan fingerprint density at radius 1 is 1.30 bits per heavy atom. The van der Waals surface area contributed by atoms with Crippen LogP contribution in [0.1, 0.15) is 56.7 Å². The summed E-state index contributed by atoms with van der Waals surface area (Å²) in [5.41, 5.74) is 1.78. The van der Waals surface area contributed by atoms with E-state index < -0.39 is 0 Å². The molecule has 2 aromatic rings. The van der Waals surface area contributed by atoms with Gasteiger partial charge in [0.25, 0.3) is 5.56 Å². The van der Waals surface area contributed by atoms with Crippen LogP contribution in [0.4, 0.5) is 5.13 Å². The second kappa shape index (κ2) is 7.96. The number of hydrogen-bond acceptors (Lipinski definition) is 6. The number of carbonyl (C=O) groups excluding carboxylic acids is 1. The molecule has 146 valence electrons. The van der Waals surface area contributed by atoms with Crippen LogP contribution in [0.15, 0.2) is 4.79 Å². The standard InChI is InChI=1S/C19H27N5O2S/c1-2-3-10-20-16(25)13-7-6-11-23(12-13)19-22-24-17(26)14-8-4-5-9-15(14)21-18(24)27-19/h13H,2-12H2,1H3,(H,20,25). The number of rotatable bonds is 5. The molecule has 8 heteroatoms. The number of unbranched alkanes of at least 4 members (excludes halogenated alkanes) is 1. The first-order valence-electron chi connectivity index (χ1n) is 10.1. The molecule has 27 heavy (non-hydrogen) atoms. The van der Waals surface area contributed by atoms with Crippen LogP contribution in [0.3, 0.4) is 0 Å². The summed E-state index contributed by atoms with van der Waals surface area (Å²) in [4.78, 5) is 32.7. The van der Waals surface area contributed by atoms with Crippen molar-refractivity contribution in [1.82, 2.24) is 19.9 Å². The minimum Gasteiger partial charge on any atom is -0.356 e. The van der Waals surface area contributed by atoms with Gasteiger partial charge >= 0.3 is 0 Å². The minimum absolute atomic E-state index is 0.0110. The highest BCUT2D eigenvalue weighted by molar-refractivity contribution is 7.20. The van der Waals surface area contributed by atoms with Crippen molar-refractivity contribution in [3.8, 4) is 0 Å². The molecule has 3 heterocycles. The lowest BCUT2D eigenvalue weighted by Crippen LogP contribution is -2.43. The fraction of sp³-hybridized carbons (Fsp3) is 0.684. The molecule has 4 rings (SSSR count). The molecule has 2 aliphatic rings. The third-order valence-electron chi connectivity index (χ3n) is 5.56. The van der Waals surface area contributed by atoms with Gasteiger partial charge in [-0.15, -0.1) is 5.10 Å². The summed E-state index contributed by atoms with van der Waals surface area (Å²) in [5, 5.41) is 8.41. The number of amides is 1. The van der Waals surface area contributed by atoms with Gasteiger partial charge < -0.3 is 10.2 Å². The van der Waals surface area contributed by atoms with Crippen LogP contribution >= 0.6 is 11.3 Å². The van der Waals surface area contributed by atoms with Gasteiger partial charge in [0.15, 0.2) is 0 Å². The first-order valence-corrected chi connectivity index (χ1v) is 10.9. The lowest BCUT2D eigenvalue weighted by Gasteiger charge is -2.31. The minimum atomic E-state index is -0.0134. The third-order valence-corrected chi connectivity index (χ3v) is 6.53. The molecule has 1 atom stereocenters. The van der Waals surface area contributed by atoms with E-state index in [9.17, 15) is 9.59 Å². The van der Waals surface area contributed by atoms with E-state index in [0.29, 0.717) is 11.5 Å². The largest absolute Gasteiger partial charge is 0.356 e. The number of nitrogens with one attached hydrogen (secondary N) is 1. The van der Waals surface area contributed by atoms with E-state index in [2.05, 4.69) is 22.2 Å². The summed E-state index contributed by atoms with van der Waals surface area (Å²) in [6.45, 7) is 4.40. The van der Waals surface area contributed by atoms with Crippen molar-refractivity contribution < 1.29 is 4.79 Å². The lowest BCUT2D eigenvalue weighted by atomic mass is 9.97. The molecule has 2 aromatic heterocycles. The second-order valence-electron chi connectivity index (χ2n) is 7.56. The maximum Gasteiger partial charge on any atom is 0.278 e. The Morgan fingerprint density at radius 2 is 2.15 bits per heavy atom. The molecule has 1 N–H and O–H groups in total. The smallest absolute Gasteiger partial charge is 0.278 e. The lowest BCUT2D eigenvalue weighted by molar-refractivity contribution is -0.125. The van der Waals surface area contributed by atoms with Gasteiger partial charge in [0.2, 0.25) is 16.0 Å². The summed E-state index contributed by atoms with van der Waals surface area (Å²) in [6.07, 6.45) is 7.80. The predicted molar refractivity (Wildman–Crippen MR) is 107 cm³/mol. The first-order chi connectivity index (χ1) is 13.2. The molecule has 1 fully saturated rings. The van der Waals surface area contributed by atoms with E-state index in [4.69, 9.17) is 4.98 Å². The highest BCUT2D eigenvalue weighted by Crippen LogP contribution is 2.28. The summed E-state index contributed by atoms with van der Waals surface area (Å²) in [7, 11) is 0. The molecule has 0 spiro atoms. The molecule has 1 aliphatic heterocycles. The highest BCUT2D eigenvalue weighted by Gasteiger charge is 2.28. The Labute approximate surface area is 162 Å². The third kappa shape index (κ3) is 3.72. The van der Waals surface area contributed by atoms with Crippen molar-refractivity contribution in [2.24, 2.45) is 5.92 Å². The van der Waals surface area contributed by atoms with Crippen LogP contribution in [0, 0.1) is 5.92 Å². The average Bonchev–Trinajstić information content (AvgIpc) is 3.13. The number of piperidine rings is 1. The van der Waals surface area contributed by atoms with Crippen molar-refractivity contribution in [1.29, 1.82) is 0 Å². The number of fused-ring (bicyclic) bond motifs is 2. The van der Waals surface area contributed by atoms with Crippen molar-refractivity contribution in [2.45, 2.75) is 58.3 Å². The Morgan fingerprint density at radius 3 is 3.00 bits per heavy atom. The van der Waals surface area contributed by atoms with Gasteiger partial charge in [0, 0.05) is 25.2 Å². The Bertz CT molecular complexity index is 890. The van der Waals surface area contributed by atoms with Crippen LogP contribution in [0.5, 0.6) is 0 Å². The summed E-state index contributed by atoms with van der Waals surface area (Å²) in [6, 6.07) is 0. The second-order valence-corrected chi connectivity index (χ2v) is 8.49. The maximum absolute atomic E-state index is 12.8. The normalized spacial score (nSPS) is 19.9. The monoisotopic (exact) mass is 389 g/mol. The van der Waals surface area contributed by atoms with Crippen LogP contribution in [-0.4, -0.2) is 40.1 Å². The fourth-order valence-electron chi connectivity index (χ4n) is 3.99. The molecule has 0 radical (unpaired) electrons. The average molecular weight is 390 g/mol. The molecule has 0 bridgehead atoms. The molecule has 0 aromatic carbocycles. The number of aromatic nitrogens is 3. The number of hydrogen-bond donors (Lipinski definition) is 1. The van der Waals surface area contributed by atoms with Gasteiger partial charge in [-0.25, -0.2) is 4.98 Å². The highest BCUT2D eigenvalue weighted by atomic mass is 32.1. The molecule has 1 unspecified atom stereocenters. The Balaban J connectivity index is 1.54. The van der Waals surface area contributed by atoms with Crippen LogP contribution in [0.2, 0.25) is 0 Å². The predicted octanol–water partition coefficient (Wildman–Crippen LogP) is 2.16. The molecular weight excluding hydrogens is 362 g/mol. The van der Waals surface area contributed by atoms with Crippen LogP contribution in [0.25, 0.3) is 4.96 Å². The van der Waals surface area contributed by atoms with E-state index in [1.165, 1.54) is 15.9 Å². The van der Waals surface area contributed by atoms with Crippen molar-refractivity contribution in [3.63, 3.8) is 0 Å².